The Morgan fingerprint density at radius 1 is 1.18 bits per heavy atom. The SMILES string of the molecule is N#Cc1cccnc1NCCNC(=O)c1c(F)cccc1F. The van der Waals surface area contributed by atoms with Crippen molar-refractivity contribution in [1.82, 2.24) is 10.3 Å². The Bertz CT molecular complexity index is 707. The number of pyridine rings is 1. The van der Waals surface area contributed by atoms with Gasteiger partial charge in [0.05, 0.1) is 5.56 Å². The van der Waals surface area contributed by atoms with E-state index >= 15 is 0 Å². The van der Waals surface area contributed by atoms with Crippen molar-refractivity contribution in [1.29, 1.82) is 5.26 Å². The minimum absolute atomic E-state index is 0.119. The van der Waals surface area contributed by atoms with Gasteiger partial charge in [-0.25, -0.2) is 13.8 Å². The van der Waals surface area contributed by atoms with Gasteiger partial charge in [0.25, 0.3) is 5.91 Å². The van der Waals surface area contributed by atoms with Crippen LogP contribution in [0.4, 0.5) is 14.6 Å². The average molecular weight is 302 g/mol. The molecule has 0 atom stereocenters. The van der Waals surface area contributed by atoms with Crippen LogP contribution in [0.15, 0.2) is 36.5 Å². The van der Waals surface area contributed by atoms with E-state index in [2.05, 4.69) is 15.6 Å². The third-order valence-electron chi connectivity index (χ3n) is 2.82. The van der Waals surface area contributed by atoms with Gasteiger partial charge < -0.3 is 10.6 Å². The van der Waals surface area contributed by atoms with Crippen molar-refractivity contribution in [2.24, 2.45) is 0 Å². The third kappa shape index (κ3) is 3.55. The average Bonchev–Trinajstić information content (AvgIpc) is 2.51. The molecular weight excluding hydrogens is 290 g/mol. The van der Waals surface area contributed by atoms with Gasteiger partial charge >= 0.3 is 0 Å². The number of aromatic nitrogens is 1. The van der Waals surface area contributed by atoms with Crippen LogP contribution in [0.1, 0.15) is 15.9 Å². The summed E-state index contributed by atoms with van der Waals surface area (Å²) in [5.41, 5.74) is -0.243. The monoisotopic (exact) mass is 302 g/mol. The minimum Gasteiger partial charge on any atom is -0.367 e. The first-order chi connectivity index (χ1) is 10.6. The fourth-order valence-electron chi connectivity index (χ4n) is 1.80. The number of hydrogen-bond acceptors (Lipinski definition) is 4. The molecule has 22 heavy (non-hydrogen) atoms. The zero-order valence-corrected chi connectivity index (χ0v) is 11.4. The van der Waals surface area contributed by atoms with Crippen LogP contribution in [0, 0.1) is 23.0 Å². The number of anilines is 1. The van der Waals surface area contributed by atoms with Crippen molar-refractivity contribution in [2.45, 2.75) is 0 Å². The Morgan fingerprint density at radius 2 is 1.91 bits per heavy atom. The maximum Gasteiger partial charge on any atom is 0.257 e. The summed E-state index contributed by atoms with van der Waals surface area (Å²) in [4.78, 5) is 15.7. The number of hydrogen-bond donors (Lipinski definition) is 2. The van der Waals surface area contributed by atoms with Gasteiger partial charge in [0, 0.05) is 19.3 Å². The highest BCUT2D eigenvalue weighted by atomic mass is 19.1. The van der Waals surface area contributed by atoms with E-state index in [1.807, 2.05) is 6.07 Å². The van der Waals surface area contributed by atoms with Crippen LogP contribution in [0.3, 0.4) is 0 Å². The van der Waals surface area contributed by atoms with E-state index in [1.165, 1.54) is 12.3 Å². The Hall–Kier alpha value is -3.01. The molecule has 0 aliphatic carbocycles. The first-order valence-electron chi connectivity index (χ1n) is 6.44. The lowest BCUT2D eigenvalue weighted by Gasteiger charge is -2.09. The second kappa shape index (κ2) is 7.13. The summed E-state index contributed by atoms with van der Waals surface area (Å²) < 4.78 is 26.8. The number of carbonyl (C=O) groups excluding carboxylic acids is 1. The van der Waals surface area contributed by atoms with Crippen molar-refractivity contribution in [3.8, 4) is 6.07 Å². The molecule has 1 aromatic heterocycles. The van der Waals surface area contributed by atoms with Crippen LogP contribution in [-0.2, 0) is 0 Å². The highest BCUT2D eigenvalue weighted by molar-refractivity contribution is 5.94. The van der Waals surface area contributed by atoms with E-state index in [-0.39, 0.29) is 13.1 Å². The van der Waals surface area contributed by atoms with Gasteiger partial charge in [-0.1, -0.05) is 6.07 Å². The molecule has 0 unspecified atom stereocenters. The molecule has 0 bridgehead atoms. The number of benzene rings is 1. The number of halogens is 2. The molecule has 1 amide bonds. The van der Waals surface area contributed by atoms with Crippen molar-refractivity contribution in [3.05, 3.63) is 59.3 Å². The number of rotatable bonds is 5. The number of nitrogens with zero attached hydrogens (tertiary/aromatic N) is 2. The van der Waals surface area contributed by atoms with Crippen LogP contribution in [-0.4, -0.2) is 24.0 Å². The molecular formula is C15H12F2N4O. The van der Waals surface area contributed by atoms with Gasteiger partial charge in [-0.15, -0.1) is 0 Å². The molecule has 1 aromatic carbocycles. The lowest BCUT2D eigenvalue weighted by Crippen LogP contribution is -2.30. The largest absolute Gasteiger partial charge is 0.367 e. The standard InChI is InChI=1S/C15H12F2N4O/c16-11-4-1-5-12(17)13(11)15(22)21-8-7-20-14-10(9-18)3-2-6-19-14/h1-6H,7-8H2,(H,19,20)(H,21,22). The zero-order valence-electron chi connectivity index (χ0n) is 11.4. The quantitative estimate of drug-likeness (QED) is 0.829. The zero-order chi connectivity index (χ0) is 15.9. The fraction of sp³-hybridized carbons (Fsp3) is 0.133. The first-order valence-corrected chi connectivity index (χ1v) is 6.44. The normalized spacial score (nSPS) is 9.86. The second-order valence-electron chi connectivity index (χ2n) is 4.29. The highest BCUT2D eigenvalue weighted by Gasteiger charge is 2.16. The molecule has 0 radical (unpaired) electrons. The van der Waals surface area contributed by atoms with Crippen LogP contribution in [0.5, 0.6) is 0 Å². The molecule has 7 heteroatoms. The van der Waals surface area contributed by atoms with Gasteiger partial charge in [-0.3, -0.25) is 4.79 Å². The third-order valence-corrected chi connectivity index (χ3v) is 2.82. The molecule has 112 valence electrons. The summed E-state index contributed by atoms with van der Waals surface area (Å²) >= 11 is 0. The molecule has 1 heterocycles. The highest BCUT2D eigenvalue weighted by Crippen LogP contribution is 2.11. The molecule has 0 spiro atoms. The lowest BCUT2D eigenvalue weighted by molar-refractivity contribution is 0.0946. The van der Waals surface area contributed by atoms with Gasteiger partial charge in [-0.2, -0.15) is 5.26 Å². The van der Waals surface area contributed by atoms with Crippen molar-refractivity contribution >= 4 is 11.7 Å². The number of amides is 1. The number of nitriles is 1. The van der Waals surface area contributed by atoms with E-state index in [1.54, 1.807) is 12.1 Å². The van der Waals surface area contributed by atoms with Crippen molar-refractivity contribution < 1.29 is 13.6 Å². The van der Waals surface area contributed by atoms with E-state index in [4.69, 9.17) is 5.26 Å². The second-order valence-corrected chi connectivity index (χ2v) is 4.29. The molecule has 2 aromatic rings. The fourth-order valence-corrected chi connectivity index (χ4v) is 1.80. The van der Waals surface area contributed by atoms with E-state index in [0.717, 1.165) is 12.1 Å². The van der Waals surface area contributed by atoms with Crippen LogP contribution in [0.25, 0.3) is 0 Å². The van der Waals surface area contributed by atoms with Crippen LogP contribution in [0.2, 0.25) is 0 Å². The van der Waals surface area contributed by atoms with Crippen LogP contribution < -0.4 is 10.6 Å². The molecule has 0 saturated carbocycles. The topological polar surface area (TPSA) is 77.8 Å². The molecule has 0 aliphatic heterocycles. The van der Waals surface area contributed by atoms with Crippen molar-refractivity contribution in [3.63, 3.8) is 0 Å². The maximum atomic E-state index is 13.4. The maximum absolute atomic E-state index is 13.4. The minimum atomic E-state index is -0.915. The summed E-state index contributed by atoms with van der Waals surface area (Å²) in [6, 6.07) is 8.43. The summed E-state index contributed by atoms with van der Waals surface area (Å²) in [5, 5.41) is 14.2. The predicted octanol–water partition coefficient (Wildman–Crippen LogP) is 2.07. The number of nitrogens with one attached hydrogen (secondary N) is 2. The predicted molar refractivity (Wildman–Crippen MR) is 76.1 cm³/mol. The molecule has 5 nitrogen and oxygen atoms in total. The lowest BCUT2D eigenvalue weighted by atomic mass is 10.2. The Labute approximate surface area is 125 Å². The number of carbonyl (C=O) groups is 1. The molecule has 0 aliphatic rings. The Morgan fingerprint density at radius 3 is 2.59 bits per heavy atom. The Balaban J connectivity index is 1.89. The molecule has 0 saturated heterocycles. The first kappa shape index (κ1) is 15.4. The van der Waals surface area contributed by atoms with E-state index in [0.29, 0.717) is 11.4 Å². The summed E-state index contributed by atoms with van der Waals surface area (Å²) in [7, 11) is 0. The smallest absolute Gasteiger partial charge is 0.257 e. The summed E-state index contributed by atoms with van der Waals surface area (Å²) in [6.07, 6.45) is 1.52. The summed E-state index contributed by atoms with van der Waals surface area (Å²) in [6.45, 7) is 0.377. The Kier molecular flexibility index (Phi) is 4.98. The van der Waals surface area contributed by atoms with Crippen LogP contribution >= 0.6 is 0 Å². The van der Waals surface area contributed by atoms with E-state index in [9.17, 15) is 13.6 Å². The molecule has 2 N–H and O–H groups in total. The van der Waals surface area contributed by atoms with Gasteiger partial charge in [0.1, 0.15) is 29.1 Å². The van der Waals surface area contributed by atoms with Crippen molar-refractivity contribution in [2.75, 3.05) is 18.4 Å². The summed E-state index contributed by atoms with van der Waals surface area (Å²) in [5.74, 6) is -2.28. The van der Waals surface area contributed by atoms with Gasteiger partial charge in [-0.05, 0) is 24.3 Å². The van der Waals surface area contributed by atoms with Gasteiger partial charge in [0.2, 0.25) is 0 Å². The van der Waals surface area contributed by atoms with E-state index < -0.39 is 23.1 Å². The molecule has 0 fully saturated rings. The molecule has 2 rings (SSSR count). The van der Waals surface area contributed by atoms with Gasteiger partial charge in [0.15, 0.2) is 0 Å².